The van der Waals surface area contributed by atoms with Crippen LogP contribution in [-0.2, 0) is 0 Å². The van der Waals surface area contributed by atoms with Crippen LogP contribution in [0.5, 0.6) is 5.75 Å². The second-order valence-electron chi connectivity index (χ2n) is 4.79. The van der Waals surface area contributed by atoms with E-state index in [2.05, 4.69) is 28.9 Å². The third-order valence-corrected chi connectivity index (χ3v) is 3.72. The lowest BCUT2D eigenvalue weighted by Crippen LogP contribution is -2.23. The maximum atomic E-state index is 8.90. The van der Waals surface area contributed by atoms with Gasteiger partial charge in [-0.05, 0) is 49.8 Å². The Morgan fingerprint density at radius 1 is 1.24 bits per heavy atom. The number of benzene rings is 1. The average molecular weight is 294 g/mol. The Morgan fingerprint density at radius 3 is 2.59 bits per heavy atom. The first-order valence-corrected chi connectivity index (χ1v) is 6.84. The summed E-state index contributed by atoms with van der Waals surface area (Å²) in [5.41, 5.74) is 0.638. The quantitative estimate of drug-likeness (QED) is 0.815. The molecule has 0 heterocycles. The highest BCUT2D eigenvalue weighted by Crippen LogP contribution is 2.29. The van der Waals surface area contributed by atoms with Crippen molar-refractivity contribution in [2.24, 2.45) is 5.92 Å². The Kier molecular flexibility index (Phi) is 4.06. The Labute approximate surface area is 111 Å². The van der Waals surface area contributed by atoms with E-state index in [0.717, 1.165) is 29.0 Å². The van der Waals surface area contributed by atoms with Crippen LogP contribution in [0.15, 0.2) is 22.7 Å². The molecule has 0 unspecified atom stereocenters. The fourth-order valence-corrected chi connectivity index (χ4v) is 2.71. The van der Waals surface area contributed by atoms with Gasteiger partial charge < -0.3 is 4.74 Å². The molecular weight excluding hydrogens is 278 g/mol. The molecule has 0 aromatic heterocycles. The lowest BCUT2D eigenvalue weighted by Gasteiger charge is -2.27. The van der Waals surface area contributed by atoms with Crippen molar-refractivity contribution in [3.63, 3.8) is 0 Å². The molecule has 90 valence electrons. The number of hydrogen-bond donors (Lipinski definition) is 0. The molecule has 0 amide bonds. The minimum atomic E-state index is 0.312. The van der Waals surface area contributed by atoms with Crippen LogP contribution in [0.1, 0.15) is 38.2 Å². The summed E-state index contributed by atoms with van der Waals surface area (Å²) in [6, 6.07) is 7.68. The minimum absolute atomic E-state index is 0.312. The number of halogens is 1. The van der Waals surface area contributed by atoms with E-state index in [1.54, 1.807) is 6.07 Å². The average Bonchev–Trinajstić information content (AvgIpc) is 2.31. The summed E-state index contributed by atoms with van der Waals surface area (Å²) in [7, 11) is 0. The Bertz CT molecular complexity index is 430. The second-order valence-corrected chi connectivity index (χ2v) is 5.70. The fraction of sp³-hybridized carbons (Fsp3) is 0.500. The van der Waals surface area contributed by atoms with Gasteiger partial charge in [-0.15, -0.1) is 0 Å². The summed E-state index contributed by atoms with van der Waals surface area (Å²) in [5, 5.41) is 8.90. The van der Waals surface area contributed by atoms with E-state index in [1.165, 1.54) is 12.8 Å². The van der Waals surface area contributed by atoms with Crippen molar-refractivity contribution in [1.29, 1.82) is 5.26 Å². The smallest absolute Gasteiger partial charge is 0.122 e. The number of ether oxygens (including phenoxy) is 1. The molecule has 1 aliphatic rings. The monoisotopic (exact) mass is 293 g/mol. The molecule has 0 aliphatic heterocycles. The highest BCUT2D eigenvalue weighted by Gasteiger charge is 2.19. The largest absolute Gasteiger partial charge is 0.490 e. The number of rotatable bonds is 2. The predicted molar refractivity (Wildman–Crippen MR) is 70.9 cm³/mol. The molecule has 1 saturated carbocycles. The van der Waals surface area contributed by atoms with E-state index in [-0.39, 0.29) is 0 Å². The Hall–Kier alpha value is -1.01. The third-order valence-electron chi connectivity index (χ3n) is 3.27. The van der Waals surface area contributed by atoms with Crippen LogP contribution in [0.3, 0.4) is 0 Å². The van der Waals surface area contributed by atoms with Crippen molar-refractivity contribution in [2.75, 3.05) is 0 Å². The van der Waals surface area contributed by atoms with Crippen molar-refractivity contribution in [3.8, 4) is 11.8 Å². The van der Waals surface area contributed by atoms with Gasteiger partial charge in [0, 0.05) is 4.47 Å². The van der Waals surface area contributed by atoms with Crippen molar-refractivity contribution in [1.82, 2.24) is 0 Å². The normalized spacial score (nSPS) is 24.1. The summed E-state index contributed by atoms with van der Waals surface area (Å²) in [4.78, 5) is 0. The molecule has 0 bridgehead atoms. The zero-order valence-electron chi connectivity index (χ0n) is 9.95. The lowest BCUT2D eigenvalue weighted by molar-refractivity contribution is 0.135. The maximum Gasteiger partial charge on any atom is 0.122 e. The van der Waals surface area contributed by atoms with Gasteiger partial charge in [-0.25, -0.2) is 0 Å². The Balaban J connectivity index is 2.03. The summed E-state index contributed by atoms with van der Waals surface area (Å²) < 4.78 is 6.84. The van der Waals surface area contributed by atoms with Crippen LogP contribution < -0.4 is 4.74 Å². The molecule has 0 spiro atoms. The van der Waals surface area contributed by atoms with Gasteiger partial charge in [0.1, 0.15) is 5.75 Å². The first-order chi connectivity index (χ1) is 8.17. The lowest BCUT2D eigenvalue weighted by atomic mass is 9.89. The van der Waals surface area contributed by atoms with E-state index in [9.17, 15) is 0 Å². The zero-order chi connectivity index (χ0) is 12.3. The zero-order valence-corrected chi connectivity index (χ0v) is 11.5. The molecule has 0 radical (unpaired) electrons. The van der Waals surface area contributed by atoms with Gasteiger partial charge in [-0.1, -0.05) is 22.9 Å². The van der Waals surface area contributed by atoms with Crippen molar-refractivity contribution in [2.45, 2.75) is 38.7 Å². The van der Waals surface area contributed by atoms with Gasteiger partial charge in [0.25, 0.3) is 0 Å². The molecule has 1 aromatic rings. The molecule has 3 heteroatoms. The number of nitriles is 1. The first-order valence-electron chi connectivity index (χ1n) is 6.04. The number of hydrogen-bond acceptors (Lipinski definition) is 2. The predicted octanol–water partition coefficient (Wildman–Crippen LogP) is 4.28. The van der Waals surface area contributed by atoms with Crippen LogP contribution in [-0.4, -0.2) is 6.10 Å². The van der Waals surface area contributed by atoms with Crippen LogP contribution in [0.2, 0.25) is 0 Å². The van der Waals surface area contributed by atoms with E-state index in [4.69, 9.17) is 10.00 Å². The molecule has 1 aromatic carbocycles. The maximum absolute atomic E-state index is 8.90. The van der Waals surface area contributed by atoms with Crippen LogP contribution in [0.25, 0.3) is 0 Å². The molecule has 2 nitrogen and oxygen atoms in total. The molecule has 1 aliphatic carbocycles. The molecular formula is C14H16BrNO. The summed E-state index contributed by atoms with van der Waals surface area (Å²) in [5.74, 6) is 1.63. The summed E-state index contributed by atoms with van der Waals surface area (Å²) in [6.07, 6.45) is 5.03. The number of nitrogens with zero attached hydrogens (tertiary/aromatic N) is 1. The van der Waals surface area contributed by atoms with Crippen LogP contribution >= 0.6 is 15.9 Å². The van der Waals surface area contributed by atoms with E-state index in [1.807, 2.05) is 12.1 Å². The topological polar surface area (TPSA) is 33.0 Å². The first kappa shape index (κ1) is 12.4. The molecule has 0 atom stereocenters. The highest BCUT2D eigenvalue weighted by molar-refractivity contribution is 9.10. The van der Waals surface area contributed by atoms with E-state index < -0.39 is 0 Å². The van der Waals surface area contributed by atoms with Crippen molar-refractivity contribution >= 4 is 15.9 Å². The minimum Gasteiger partial charge on any atom is -0.490 e. The van der Waals surface area contributed by atoms with Gasteiger partial charge in [0.15, 0.2) is 0 Å². The molecule has 1 fully saturated rings. The van der Waals surface area contributed by atoms with E-state index in [0.29, 0.717) is 11.7 Å². The standard InChI is InChI=1S/C14H16BrNO/c1-10-2-4-13(5-3-10)17-14-7-11(9-16)6-12(15)8-14/h6-8,10,13H,2-5H2,1H3. The summed E-state index contributed by atoms with van der Waals surface area (Å²) >= 11 is 3.40. The second kappa shape index (κ2) is 5.55. The van der Waals surface area contributed by atoms with Gasteiger partial charge in [0.2, 0.25) is 0 Å². The van der Waals surface area contributed by atoms with Crippen LogP contribution in [0, 0.1) is 17.2 Å². The highest BCUT2D eigenvalue weighted by atomic mass is 79.9. The van der Waals surface area contributed by atoms with Crippen molar-refractivity contribution in [3.05, 3.63) is 28.2 Å². The van der Waals surface area contributed by atoms with Gasteiger partial charge >= 0.3 is 0 Å². The fourth-order valence-electron chi connectivity index (χ4n) is 2.24. The molecule has 17 heavy (non-hydrogen) atoms. The summed E-state index contributed by atoms with van der Waals surface area (Å²) in [6.45, 7) is 2.29. The molecule has 2 rings (SSSR count). The third kappa shape index (κ3) is 3.47. The molecule has 0 saturated heterocycles. The Morgan fingerprint density at radius 2 is 1.94 bits per heavy atom. The van der Waals surface area contributed by atoms with Gasteiger partial charge in [0.05, 0.1) is 17.7 Å². The SMILES string of the molecule is CC1CCC(Oc2cc(Br)cc(C#N)c2)CC1. The van der Waals surface area contributed by atoms with Gasteiger partial charge in [-0.3, -0.25) is 0 Å². The van der Waals surface area contributed by atoms with Gasteiger partial charge in [-0.2, -0.15) is 5.26 Å². The van der Waals surface area contributed by atoms with Crippen molar-refractivity contribution < 1.29 is 4.74 Å². The van der Waals surface area contributed by atoms with Crippen LogP contribution in [0.4, 0.5) is 0 Å². The molecule has 0 N–H and O–H groups in total. The van der Waals surface area contributed by atoms with E-state index >= 15 is 0 Å².